The molecule has 4 nitrogen and oxygen atoms in total. The molecule has 0 aliphatic carbocycles. The smallest absolute Gasteiger partial charge is 0.187 e. The van der Waals surface area contributed by atoms with Crippen LogP contribution >= 0.6 is 0 Å². The zero-order chi connectivity index (χ0) is 13.1. The van der Waals surface area contributed by atoms with Crippen LogP contribution in [0.15, 0.2) is 47.4 Å². The summed E-state index contributed by atoms with van der Waals surface area (Å²) in [5, 5.41) is 0. The van der Waals surface area contributed by atoms with Crippen LogP contribution in [0.2, 0.25) is 0 Å². The second-order valence-corrected chi connectivity index (χ2v) is 4.64. The molecule has 2 aromatic rings. The molecule has 0 saturated carbocycles. The number of nitrogens with two attached hydrogens (primary N) is 1. The Kier molecular flexibility index (Phi) is 3.64. The Hall–Kier alpha value is -1.85. The third-order valence-corrected chi connectivity index (χ3v) is 3.36. The Labute approximate surface area is 108 Å². The van der Waals surface area contributed by atoms with E-state index in [4.69, 9.17) is 10.5 Å². The van der Waals surface area contributed by atoms with Crippen molar-refractivity contribution in [3.05, 3.63) is 42.5 Å². The van der Waals surface area contributed by atoms with Crippen LogP contribution in [0.1, 0.15) is 0 Å². The van der Waals surface area contributed by atoms with Gasteiger partial charge < -0.3 is 15.0 Å². The number of hydrogen-bond donors (Lipinski definition) is 2. The predicted molar refractivity (Wildman–Crippen MR) is 71.9 cm³/mol. The van der Waals surface area contributed by atoms with Crippen molar-refractivity contribution in [2.24, 2.45) is 0 Å². The molecule has 94 valence electrons. The van der Waals surface area contributed by atoms with E-state index < -0.39 is 11.1 Å². The van der Waals surface area contributed by atoms with Gasteiger partial charge in [-0.15, -0.1) is 0 Å². The minimum atomic E-state index is -2.05. The molecule has 0 spiro atoms. The van der Waals surface area contributed by atoms with Crippen LogP contribution in [0.25, 0.3) is 11.1 Å². The molecule has 0 aliphatic heterocycles. The van der Waals surface area contributed by atoms with Gasteiger partial charge in [0.1, 0.15) is 5.75 Å². The van der Waals surface area contributed by atoms with Crippen molar-refractivity contribution < 1.29 is 13.5 Å². The van der Waals surface area contributed by atoms with Gasteiger partial charge in [0.05, 0.1) is 12.0 Å². The maximum Gasteiger partial charge on any atom is 0.187 e. The van der Waals surface area contributed by atoms with Crippen molar-refractivity contribution >= 4 is 16.8 Å². The SMILES string of the molecule is COc1ccc(N)c(-c2ccccc2S(=O)O)c1. The highest BCUT2D eigenvalue weighted by Crippen LogP contribution is 2.33. The third-order valence-electron chi connectivity index (χ3n) is 2.63. The van der Waals surface area contributed by atoms with Crippen molar-refractivity contribution in [2.75, 3.05) is 12.8 Å². The fraction of sp³-hybridized carbons (Fsp3) is 0.0769. The molecule has 1 unspecified atom stereocenters. The highest BCUT2D eigenvalue weighted by molar-refractivity contribution is 7.79. The van der Waals surface area contributed by atoms with Gasteiger partial charge in [-0.2, -0.15) is 0 Å². The third kappa shape index (κ3) is 2.37. The second kappa shape index (κ2) is 5.20. The number of nitrogen functional groups attached to an aromatic ring is 1. The summed E-state index contributed by atoms with van der Waals surface area (Å²) in [4.78, 5) is 0.331. The molecule has 0 heterocycles. The molecule has 0 radical (unpaired) electrons. The van der Waals surface area contributed by atoms with E-state index in [1.165, 1.54) is 0 Å². The average Bonchev–Trinajstić information content (AvgIpc) is 2.39. The summed E-state index contributed by atoms with van der Waals surface area (Å²) in [6.07, 6.45) is 0. The first kappa shape index (κ1) is 12.6. The van der Waals surface area contributed by atoms with E-state index in [9.17, 15) is 8.76 Å². The monoisotopic (exact) mass is 263 g/mol. The maximum atomic E-state index is 11.3. The number of benzene rings is 2. The molecule has 3 N–H and O–H groups in total. The largest absolute Gasteiger partial charge is 0.497 e. The van der Waals surface area contributed by atoms with Crippen molar-refractivity contribution in [2.45, 2.75) is 4.90 Å². The van der Waals surface area contributed by atoms with E-state index in [-0.39, 0.29) is 0 Å². The van der Waals surface area contributed by atoms with E-state index in [0.717, 1.165) is 0 Å². The van der Waals surface area contributed by atoms with Crippen LogP contribution in [0.4, 0.5) is 5.69 Å². The van der Waals surface area contributed by atoms with Gasteiger partial charge in [0.2, 0.25) is 0 Å². The Morgan fingerprint density at radius 2 is 1.89 bits per heavy atom. The predicted octanol–water partition coefficient (Wildman–Crippen LogP) is 2.53. The molecule has 2 aromatic carbocycles. The minimum absolute atomic E-state index is 0.331. The molecular weight excluding hydrogens is 250 g/mol. The first-order valence-corrected chi connectivity index (χ1v) is 6.38. The van der Waals surface area contributed by atoms with Crippen molar-refractivity contribution in [1.29, 1.82) is 0 Å². The van der Waals surface area contributed by atoms with Gasteiger partial charge in [-0.1, -0.05) is 18.2 Å². The number of anilines is 1. The van der Waals surface area contributed by atoms with Crippen molar-refractivity contribution in [1.82, 2.24) is 0 Å². The first-order valence-electron chi connectivity index (χ1n) is 5.27. The topological polar surface area (TPSA) is 72.5 Å². The zero-order valence-corrected chi connectivity index (χ0v) is 10.6. The van der Waals surface area contributed by atoms with Crippen LogP contribution in [-0.4, -0.2) is 15.9 Å². The quantitative estimate of drug-likeness (QED) is 0.659. The fourth-order valence-corrected chi connectivity index (χ4v) is 2.30. The molecule has 0 aliphatic rings. The van der Waals surface area contributed by atoms with Gasteiger partial charge >= 0.3 is 0 Å². The minimum Gasteiger partial charge on any atom is -0.497 e. The van der Waals surface area contributed by atoms with E-state index in [1.54, 1.807) is 49.6 Å². The molecule has 0 bridgehead atoms. The molecule has 0 saturated heterocycles. The molecule has 1 atom stereocenters. The van der Waals surface area contributed by atoms with Gasteiger partial charge in [0.25, 0.3) is 0 Å². The Morgan fingerprint density at radius 1 is 1.17 bits per heavy atom. The molecule has 0 amide bonds. The lowest BCUT2D eigenvalue weighted by Crippen LogP contribution is -1.96. The van der Waals surface area contributed by atoms with Gasteiger partial charge in [-0.25, -0.2) is 4.21 Å². The highest BCUT2D eigenvalue weighted by Gasteiger charge is 2.12. The van der Waals surface area contributed by atoms with Crippen molar-refractivity contribution in [3.8, 4) is 16.9 Å². The van der Waals surface area contributed by atoms with E-state index in [1.807, 2.05) is 0 Å². The summed E-state index contributed by atoms with van der Waals surface area (Å²) in [5.41, 5.74) is 7.77. The molecular formula is C13H13NO3S. The summed E-state index contributed by atoms with van der Waals surface area (Å²) in [7, 11) is 1.56. The van der Waals surface area contributed by atoms with Crippen LogP contribution in [0.5, 0.6) is 5.75 Å². The number of ether oxygens (including phenoxy) is 1. The lowest BCUT2D eigenvalue weighted by atomic mass is 10.0. The summed E-state index contributed by atoms with van der Waals surface area (Å²) < 4.78 is 25.7. The molecule has 0 aromatic heterocycles. The number of methoxy groups -OCH3 is 1. The summed E-state index contributed by atoms with van der Waals surface area (Å²) in [5.74, 6) is 0.651. The van der Waals surface area contributed by atoms with Crippen LogP contribution < -0.4 is 10.5 Å². The molecule has 18 heavy (non-hydrogen) atoms. The van der Waals surface area contributed by atoms with E-state index in [0.29, 0.717) is 27.5 Å². The lowest BCUT2D eigenvalue weighted by Gasteiger charge is -2.11. The standard InChI is InChI=1S/C13H13NO3S/c1-17-9-6-7-12(14)11(8-9)10-4-2-3-5-13(10)18(15)16/h2-8H,14H2,1H3,(H,15,16). The van der Waals surface area contributed by atoms with Crippen molar-refractivity contribution in [3.63, 3.8) is 0 Å². The maximum absolute atomic E-state index is 11.3. The zero-order valence-electron chi connectivity index (χ0n) is 9.79. The number of rotatable bonds is 3. The normalized spacial score (nSPS) is 12.1. The molecule has 5 heteroatoms. The average molecular weight is 263 g/mol. The molecule has 0 fully saturated rings. The van der Waals surface area contributed by atoms with E-state index in [2.05, 4.69) is 0 Å². The lowest BCUT2D eigenvalue weighted by molar-refractivity contribution is 0.415. The Balaban J connectivity index is 2.65. The van der Waals surface area contributed by atoms with Gasteiger partial charge in [-0.3, -0.25) is 0 Å². The van der Waals surface area contributed by atoms with E-state index >= 15 is 0 Å². The van der Waals surface area contributed by atoms with Gasteiger partial charge in [0.15, 0.2) is 11.1 Å². The Bertz CT molecular complexity index is 599. The first-order chi connectivity index (χ1) is 8.63. The molecule has 2 rings (SSSR count). The highest BCUT2D eigenvalue weighted by atomic mass is 32.2. The Morgan fingerprint density at radius 3 is 2.56 bits per heavy atom. The fourth-order valence-electron chi connectivity index (χ4n) is 1.74. The summed E-state index contributed by atoms with van der Waals surface area (Å²) in [6, 6.07) is 12.1. The number of hydrogen-bond acceptors (Lipinski definition) is 3. The summed E-state index contributed by atoms with van der Waals surface area (Å²) >= 11 is -2.05. The van der Waals surface area contributed by atoms with Gasteiger partial charge in [0, 0.05) is 16.8 Å². The second-order valence-electron chi connectivity index (χ2n) is 3.70. The van der Waals surface area contributed by atoms with Crippen LogP contribution in [0, 0.1) is 0 Å². The van der Waals surface area contributed by atoms with Crippen LogP contribution in [0.3, 0.4) is 0 Å². The van der Waals surface area contributed by atoms with Gasteiger partial charge in [-0.05, 0) is 24.3 Å². The van der Waals surface area contributed by atoms with Crippen LogP contribution in [-0.2, 0) is 11.1 Å². The summed E-state index contributed by atoms with van der Waals surface area (Å²) in [6.45, 7) is 0.